The van der Waals surface area contributed by atoms with Crippen molar-refractivity contribution in [3.8, 4) is 0 Å². The number of pyridine rings is 1. The Bertz CT molecular complexity index is 263. The van der Waals surface area contributed by atoms with Crippen LogP contribution in [-0.2, 0) is 18.8 Å². The van der Waals surface area contributed by atoms with Gasteiger partial charge >= 0.3 is 57.6 Å². The molecule has 0 unspecified atom stereocenters. The van der Waals surface area contributed by atoms with Crippen LogP contribution >= 0.6 is 0 Å². The zero-order valence-corrected chi connectivity index (χ0v) is 10.2. The summed E-state index contributed by atoms with van der Waals surface area (Å²) in [6.07, 6.45) is -3.36. The molecule has 0 aliphatic rings. The summed E-state index contributed by atoms with van der Waals surface area (Å²) < 4.78 is 35.8. The Labute approximate surface area is 116 Å². The third-order valence-corrected chi connectivity index (χ3v) is 1.37. The Balaban J connectivity index is 0.00000121. The number of aromatic nitrogens is 1. The Hall–Kier alpha value is 0.796. The molecule has 0 aliphatic carbocycles. The van der Waals surface area contributed by atoms with Crippen molar-refractivity contribution in [2.45, 2.75) is 11.1 Å². The fourth-order valence-electron chi connectivity index (χ4n) is 0.603. The molecule has 1 aromatic rings. The minimum Gasteiger partial charge on any atom is -0.778 e. The van der Waals surface area contributed by atoms with Gasteiger partial charge in [0.1, 0.15) is 5.69 Å². The monoisotopic (exact) mass is 217 g/mol. The van der Waals surface area contributed by atoms with E-state index in [1.54, 1.807) is 0 Å². The van der Waals surface area contributed by atoms with Gasteiger partial charge in [0.05, 0.1) is 0 Å². The van der Waals surface area contributed by atoms with E-state index in [-0.39, 0.29) is 56.3 Å². The van der Waals surface area contributed by atoms with Gasteiger partial charge in [-0.25, -0.2) is 0 Å². The van der Waals surface area contributed by atoms with Gasteiger partial charge in [0, 0.05) is 6.20 Å². The zero-order valence-electron chi connectivity index (χ0n) is 6.22. The van der Waals surface area contributed by atoms with Crippen LogP contribution < -0.4 is 51.4 Å². The van der Waals surface area contributed by atoms with Gasteiger partial charge in [-0.1, -0.05) is 6.07 Å². The molecule has 0 radical (unpaired) electrons. The smallest absolute Gasteiger partial charge is 0.778 e. The van der Waals surface area contributed by atoms with Crippen molar-refractivity contribution in [1.29, 1.82) is 0 Å². The van der Waals surface area contributed by atoms with E-state index < -0.39 is 11.9 Å². The second-order valence-corrected chi connectivity index (χ2v) is 2.29. The topological polar surface area (TPSA) is 12.9 Å². The van der Waals surface area contributed by atoms with E-state index in [4.69, 9.17) is 0 Å². The van der Waals surface area contributed by atoms with Crippen molar-refractivity contribution < 1.29 is 64.6 Å². The summed E-state index contributed by atoms with van der Waals surface area (Å²) in [4.78, 5) is 2.86. The van der Waals surface area contributed by atoms with Gasteiger partial charge in [0.15, 0.2) is 0 Å². The molecule has 12 heavy (non-hydrogen) atoms. The van der Waals surface area contributed by atoms with Gasteiger partial charge in [-0.05, 0) is 6.07 Å². The van der Waals surface area contributed by atoms with Gasteiger partial charge in [0.2, 0.25) is 0 Å². The standard InChI is InChI=1S/C6H4F3NS.K/c7-6(8,9)5-4(11)2-1-3-10-5;/h1-3,11H;/q;+1/p-1. The Kier molecular flexibility index (Phi) is 5.20. The maximum Gasteiger partial charge on any atom is 1.00 e. The molecule has 1 heterocycles. The molecule has 0 saturated carbocycles. The van der Waals surface area contributed by atoms with Gasteiger partial charge < -0.3 is 12.6 Å². The van der Waals surface area contributed by atoms with Crippen molar-refractivity contribution in [3.05, 3.63) is 24.0 Å². The zero-order chi connectivity index (χ0) is 8.48. The van der Waals surface area contributed by atoms with E-state index in [1.165, 1.54) is 12.1 Å². The first-order valence-corrected chi connectivity index (χ1v) is 3.12. The summed E-state index contributed by atoms with van der Waals surface area (Å²) in [6.45, 7) is 0. The normalized spacial score (nSPS) is 10.6. The van der Waals surface area contributed by atoms with Crippen LogP contribution in [0.4, 0.5) is 13.2 Å². The largest absolute Gasteiger partial charge is 1.00 e. The fraction of sp³-hybridized carbons (Fsp3) is 0.167. The van der Waals surface area contributed by atoms with Crippen LogP contribution in [0.2, 0.25) is 0 Å². The molecule has 6 heteroatoms. The summed E-state index contributed by atoms with van der Waals surface area (Å²) in [6, 6.07) is 2.57. The van der Waals surface area contributed by atoms with Gasteiger partial charge in [-0.3, -0.25) is 4.98 Å². The fourth-order valence-corrected chi connectivity index (χ4v) is 0.850. The molecular weight excluding hydrogens is 214 g/mol. The van der Waals surface area contributed by atoms with Crippen molar-refractivity contribution in [3.63, 3.8) is 0 Å². The van der Waals surface area contributed by atoms with E-state index >= 15 is 0 Å². The van der Waals surface area contributed by atoms with Crippen LogP contribution in [0.1, 0.15) is 5.69 Å². The molecule has 0 bridgehead atoms. The summed E-state index contributed by atoms with van der Waals surface area (Å²) in [7, 11) is 0. The molecule has 0 fully saturated rings. The SMILES string of the molecule is FC(F)(F)c1ncccc1[S-].[K+]. The molecule has 60 valence electrons. The number of hydrogen-bond acceptors (Lipinski definition) is 2. The molecule has 0 aliphatic heterocycles. The molecule has 0 amide bonds. The number of nitrogens with zero attached hydrogens (tertiary/aromatic N) is 1. The van der Waals surface area contributed by atoms with E-state index in [0.29, 0.717) is 0 Å². The molecule has 0 N–H and O–H groups in total. The number of rotatable bonds is 0. The second kappa shape index (κ2) is 4.87. The molecule has 0 spiro atoms. The Morgan fingerprint density at radius 3 is 2.25 bits per heavy atom. The number of alkyl halides is 3. The van der Waals surface area contributed by atoms with Gasteiger partial charge in [-0.2, -0.15) is 13.2 Å². The van der Waals surface area contributed by atoms with Crippen molar-refractivity contribution in [2.75, 3.05) is 0 Å². The van der Waals surface area contributed by atoms with E-state index in [2.05, 4.69) is 17.6 Å². The first-order chi connectivity index (χ1) is 5.02. The van der Waals surface area contributed by atoms with E-state index in [1.807, 2.05) is 0 Å². The predicted octanol–water partition coefficient (Wildman–Crippen LogP) is -0.990. The van der Waals surface area contributed by atoms with Crippen LogP contribution in [0.25, 0.3) is 0 Å². The minimum absolute atomic E-state index is 0. The average molecular weight is 217 g/mol. The molecule has 1 aromatic heterocycles. The number of hydrogen-bond donors (Lipinski definition) is 0. The predicted molar refractivity (Wildman–Crippen MR) is 34.9 cm³/mol. The van der Waals surface area contributed by atoms with Crippen molar-refractivity contribution >= 4 is 12.6 Å². The molecular formula is C6H3F3KNS. The third-order valence-electron chi connectivity index (χ3n) is 1.04. The average Bonchev–Trinajstić information content (AvgIpc) is 1.86. The van der Waals surface area contributed by atoms with E-state index in [0.717, 1.165) is 6.20 Å². The Morgan fingerprint density at radius 2 is 1.92 bits per heavy atom. The molecule has 0 saturated heterocycles. The molecule has 0 atom stereocenters. The van der Waals surface area contributed by atoms with Gasteiger partial charge in [0.25, 0.3) is 0 Å². The minimum atomic E-state index is -4.43. The van der Waals surface area contributed by atoms with E-state index in [9.17, 15) is 13.2 Å². The van der Waals surface area contributed by atoms with Crippen LogP contribution in [-0.4, -0.2) is 4.98 Å². The summed E-state index contributed by atoms with van der Waals surface area (Å²) in [5, 5.41) is 0. The molecule has 1 rings (SSSR count). The van der Waals surface area contributed by atoms with Crippen molar-refractivity contribution in [1.82, 2.24) is 4.98 Å². The number of halogens is 3. The van der Waals surface area contributed by atoms with Crippen LogP contribution in [0.15, 0.2) is 23.2 Å². The summed E-state index contributed by atoms with van der Waals surface area (Å²) >= 11 is 4.42. The second-order valence-electron chi connectivity index (χ2n) is 1.85. The Morgan fingerprint density at radius 1 is 1.33 bits per heavy atom. The van der Waals surface area contributed by atoms with Crippen LogP contribution in [0.3, 0.4) is 0 Å². The first kappa shape index (κ1) is 12.8. The maximum absolute atomic E-state index is 11.9. The molecule has 1 nitrogen and oxygen atoms in total. The summed E-state index contributed by atoms with van der Waals surface area (Å²) in [5.74, 6) is 0. The van der Waals surface area contributed by atoms with Crippen molar-refractivity contribution in [2.24, 2.45) is 0 Å². The van der Waals surface area contributed by atoms with Gasteiger partial charge in [-0.15, -0.1) is 4.90 Å². The molecule has 0 aromatic carbocycles. The third kappa shape index (κ3) is 3.27. The maximum atomic E-state index is 11.9. The van der Waals surface area contributed by atoms with Crippen LogP contribution in [0, 0.1) is 0 Å². The summed E-state index contributed by atoms with van der Waals surface area (Å²) in [5.41, 5.74) is -0.991. The first-order valence-electron chi connectivity index (χ1n) is 2.71. The quantitative estimate of drug-likeness (QED) is 0.409. The van der Waals surface area contributed by atoms with Crippen LogP contribution in [0.5, 0.6) is 0 Å².